The molecule has 2 aromatic carbocycles. The van der Waals surface area contributed by atoms with Crippen molar-refractivity contribution in [3.05, 3.63) is 70.6 Å². The zero-order chi connectivity index (χ0) is 20.0. The second-order valence-electron chi connectivity index (χ2n) is 7.56. The van der Waals surface area contributed by atoms with Crippen LogP contribution < -0.4 is 5.56 Å². The van der Waals surface area contributed by atoms with Crippen molar-refractivity contribution in [1.82, 2.24) is 19.2 Å². The molecule has 0 atom stereocenters. The summed E-state index contributed by atoms with van der Waals surface area (Å²) in [7, 11) is 1.90. The van der Waals surface area contributed by atoms with E-state index >= 15 is 0 Å². The molecule has 5 rings (SSSR count). The Kier molecular flexibility index (Phi) is 4.19. The number of carbonyl (C=O) groups excluding carboxylic acids is 1. The standard InChI is InChI=1S/C23H22N4O2/c1-25-19-12-6-5-11-17(19)21-18(15-20(28)26-13-7-8-14-26)24-27(23(29)22(21)25)16-9-3-2-4-10-16/h2-6,9-12H,7-8,13-15H2,1H3. The molecule has 146 valence electrons. The molecule has 0 spiro atoms. The highest BCUT2D eigenvalue weighted by Gasteiger charge is 2.24. The van der Waals surface area contributed by atoms with Crippen LogP contribution in [-0.2, 0) is 18.3 Å². The van der Waals surface area contributed by atoms with Gasteiger partial charge in [-0.1, -0.05) is 36.4 Å². The molecule has 1 aliphatic heterocycles. The van der Waals surface area contributed by atoms with Gasteiger partial charge in [-0.2, -0.15) is 9.78 Å². The van der Waals surface area contributed by atoms with Gasteiger partial charge >= 0.3 is 0 Å². The number of aromatic nitrogens is 3. The number of para-hydroxylation sites is 2. The number of hydrogen-bond donors (Lipinski definition) is 0. The molecule has 4 aromatic rings. The Morgan fingerprint density at radius 3 is 2.45 bits per heavy atom. The van der Waals surface area contributed by atoms with Gasteiger partial charge in [0.2, 0.25) is 5.91 Å². The highest BCUT2D eigenvalue weighted by atomic mass is 16.2. The minimum absolute atomic E-state index is 0.0718. The number of benzene rings is 2. The fourth-order valence-corrected chi connectivity index (χ4v) is 4.34. The first-order chi connectivity index (χ1) is 14.1. The molecule has 0 aliphatic carbocycles. The van der Waals surface area contributed by atoms with Crippen molar-refractivity contribution in [2.75, 3.05) is 13.1 Å². The van der Waals surface area contributed by atoms with Gasteiger partial charge in [0, 0.05) is 36.4 Å². The molecule has 29 heavy (non-hydrogen) atoms. The summed E-state index contributed by atoms with van der Waals surface area (Å²) in [6.07, 6.45) is 2.29. The van der Waals surface area contributed by atoms with E-state index in [2.05, 4.69) is 5.10 Å². The van der Waals surface area contributed by atoms with Gasteiger partial charge < -0.3 is 9.47 Å². The fraction of sp³-hybridized carbons (Fsp3) is 0.261. The molecule has 1 saturated heterocycles. The van der Waals surface area contributed by atoms with E-state index in [9.17, 15) is 9.59 Å². The third-order valence-electron chi connectivity index (χ3n) is 5.79. The normalized spacial score (nSPS) is 14.2. The van der Waals surface area contributed by atoms with Crippen LogP contribution in [0.2, 0.25) is 0 Å². The molecule has 3 heterocycles. The Morgan fingerprint density at radius 1 is 1.00 bits per heavy atom. The monoisotopic (exact) mass is 386 g/mol. The number of hydrogen-bond acceptors (Lipinski definition) is 3. The molecule has 2 aromatic heterocycles. The zero-order valence-electron chi connectivity index (χ0n) is 16.3. The maximum Gasteiger partial charge on any atom is 0.296 e. The smallest absolute Gasteiger partial charge is 0.296 e. The molecule has 1 amide bonds. The molecule has 0 saturated carbocycles. The highest BCUT2D eigenvalue weighted by Crippen LogP contribution is 2.29. The van der Waals surface area contributed by atoms with Gasteiger partial charge in [-0.15, -0.1) is 0 Å². The van der Waals surface area contributed by atoms with Crippen molar-refractivity contribution < 1.29 is 4.79 Å². The van der Waals surface area contributed by atoms with Crippen LogP contribution in [0.1, 0.15) is 18.5 Å². The number of nitrogens with zero attached hydrogens (tertiary/aromatic N) is 4. The van der Waals surface area contributed by atoms with Crippen molar-refractivity contribution in [3.63, 3.8) is 0 Å². The van der Waals surface area contributed by atoms with E-state index in [1.54, 1.807) is 0 Å². The second kappa shape index (κ2) is 6.88. The summed E-state index contributed by atoms with van der Waals surface area (Å²) in [5.74, 6) is 0.0718. The van der Waals surface area contributed by atoms with Crippen molar-refractivity contribution in [2.45, 2.75) is 19.3 Å². The van der Waals surface area contributed by atoms with E-state index in [1.165, 1.54) is 4.68 Å². The summed E-state index contributed by atoms with van der Waals surface area (Å²) in [5, 5.41) is 6.43. The molecular weight excluding hydrogens is 364 g/mol. The van der Waals surface area contributed by atoms with Gasteiger partial charge in [0.15, 0.2) is 0 Å². The molecule has 6 heteroatoms. The first-order valence-electron chi connectivity index (χ1n) is 9.97. The van der Waals surface area contributed by atoms with E-state index in [0.29, 0.717) is 16.9 Å². The summed E-state index contributed by atoms with van der Waals surface area (Å²) in [6.45, 7) is 1.60. The van der Waals surface area contributed by atoms with Gasteiger partial charge in [0.25, 0.3) is 5.56 Å². The quantitative estimate of drug-likeness (QED) is 0.544. The number of likely N-dealkylation sites (tertiary alicyclic amines) is 1. The Bertz CT molecular complexity index is 1280. The summed E-state index contributed by atoms with van der Waals surface area (Å²) in [5.41, 5.74) is 2.70. The van der Waals surface area contributed by atoms with Crippen molar-refractivity contribution >= 4 is 27.7 Å². The van der Waals surface area contributed by atoms with Crippen molar-refractivity contribution in [1.29, 1.82) is 0 Å². The van der Waals surface area contributed by atoms with Gasteiger partial charge in [0.05, 0.1) is 17.8 Å². The summed E-state index contributed by atoms with van der Waals surface area (Å²) < 4.78 is 3.34. The third kappa shape index (κ3) is 2.83. The van der Waals surface area contributed by atoms with E-state index in [1.807, 2.05) is 71.1 Å². The van der Waals surface area contributed by atoms with Gasteiger partial charge in [0.1, 0.15) is 5.52 Å². The lowest BCUT2D eigenvalue weighted by Crippen LogP contribution is -2.31. The summed E-state index contributed by atoms with van der Waals surface area (Å²) in [6, 6.07) is 17.3. The summed E-state index contributed by atoms with van der Waals surface area (Å²) >= 11 is 0. The molecule has 1 aliphatic rings. The third-order valence-corrected chi connectivity index (χ3v) is 5.79. The fourth-order valence-electron chi connectivity index (χ4n) is 4.34. The summed E-state index contributed by atoms with van der Waals surface area (Å²) in [4.78, 5) is 28.2. The SMILES string of the molecule is Cn1c2ccccc2c2c(CC(=O)N3CCCC3)nn(-c3ccccc3)c(=O)c21. The molecule has 0 bridgehead atoms. The van der Waals surface area contributed by atoms with Crippen LogP contribution in [0.25, 0.3) is 27.5 Å². The zero-order valence-corrected chi connectivity index (χ0v) is 16.3. The Balaban J connectivity index is 1.79. The van der Waals surface area contributed by atoms with Crippen LogP contribution in [-0.4, -0.2) is 38.2 Å². The van der Waals surface area contributed by atoms with Gasteiger partial charge in [-0.3, -0.25) is 9.59 Å². The lowest BCUT2D eigenvalue weighted by Gasteiger charge is -2.16. The minimum Gasteiger partial charge on any atom is -0.342 e. The largest absolute Gasteiger partial charge is 0.342 e. The topological polar surface area (TPSA) is 60.1 Å². The van der Waals surface area contributed by atoms with Crippen molar-refractivity contribution in [3.8, 4) is 5.69 Å². The molecular formula is C23H22N4O2. The van der Waals surface area contributed by atoms with E-state index < -0.39 is 0 Å². The molecule has 0 radical (unpaired) electrons. The second-order valence-corrected chi connectivity index (χ2v) is 7.56. The number of carbonyl (C=O) groups is 1. The number of amides is 1. The molecule has 0 N–H and O–H groups in total. The lowest BCUT2D eigenvalue weighted by atomic mass is 10.1. The predicted molar refractivity (Wildman–Crippen MR) is 113 cm³/mol. The molecule has 6 nitrogen and oxygen atoms in total. The van der Waals surface area contributed by atoms with Gasteiger partial charge in [-0.25, -0.2) is 0 Å². The van der Waals surface area contributed by atoms with E-state index in [0.717, 1.165) is 42.2 Å². The first kappa shape index (κ1) is 17.7. The Morgan fingerprint density at radius 2 is 1.69 bits per heavy atom. The maximum absolute atomic E-state index is 13.4. The van der Waals surface area contributed by atoms with Crippen molar-refractivity contribution in [2.24, 2.45) is 7.05 Å². The van der Waals surface area contributed by atoms with Crippen LogP contribution in [0.3, 0.4) is 0 Å². The van der Waals surface area contributed by atoms with Crippen LogP contribution in [0.15, 0.2) is 59.4 Å². The number of rotatable bonds is 3. The number of aryl methyl sites for hydroxylation is 1. The minimum atomic E-state index is -0.178. The van der Waals surface area contributed by atoms with E-state index in [4.69, 9.17) is 0 Å². The average molecular weight is 386 g/mol. The maximum atomic E-state index is 13.4. The number of fused-ring (bicyclic) bond motifs is 3. The highest BCUT2D eigenvalue weighted by molar-refractivity contribution is 6.09. The molecule has 0 unspecified atom stereocenters. The van der Waals surface area contributed by atoms with Gasteiger partial charge in [-0.05, 0) is 31.0 Å². The van der Waals surface area contributed by atoms with Crippen LogP contribution in [0, 0.1) is 0 Å². The predicted octanol–water partition coefficient (Wildman–Crippen LogP) is 3.04. The van der Waals surface area contributed by atoms with Crippen LogP contribution in [0.4, 0.5) is 0 Å². The Labute approximate surface area is 168 Å². The average Bonchev–Trinajstić information content (AvgIpc) is 3.39. The lowest BCUT2D eigenvalue weighted by molar-refractivity contribution is -0.129. The van der Waals surface area contributed by atoms with Crippen LogP contribution in [0.5, 0.6) is 0 Å². The molecule has 1 fully saturated rings. The first-order valence-corrected chi connectivity index (χ1v) is 9.97. The van der Waals surface area contributed by atoms with E-state index in [-0.39, 0.29) is 17.9 Å². The van der Waals surface area contributed by atoms with Crippen LogP contribution >= 0.6 is 0 Å². The Hall–Kier alpha value is -3.41.